The van der Waals surface area contributed by atoms with Crippen molar-refractivity contribution in [3.63, 3.8) is 0 Å². The molecule has 1 saturated heterocycles. The fourth-order valence-corrected chi connectivity index (χ4v) is 5.37. The van der Waals surface area contributed by atoms with Crippen LogP contribution in [0, 0.1) is 6.92 Å². The fourth-order valence-electron chi connectivity index (χ4n) is 3.67. The minimum absolute atomic E-state index is 0.00758. The Morgan fingerprint density at radius 3 is 2.66 bits per heavy atom. The molecule has 2 aromatic carbocycles. The number of anilines is 1. The highest BCUT2D eigenvalue weighted by Gasteiger charge is 2.30. The van der Waals surface area contributed by atoms with Crippen LogP contribution in [0.25, 0.3) is 11.1 Å². The predicted molar refractivity (Wildman–Crippen MR) is 110 cm³/mol. The van der Waals surface area contributed by atoms with Crippen LogP contribution in [0.15, 0.2) is 51.8 Å². The maximum absolute atomic E-state index is 12.9. The smallest absolute Gasteiger partial charge is 0.255 e. The summed E-state index contributed by atoms with van der Waals surface area (Å²) in [5, 5.41) is 2.81. The number of carbonyl (C=O) groups excluding carboxylic acids is 1. The van der Waals surface area contributed by atoms with Gasteiger partial charge in [0.2, 0.25) is 10.0 Å². The average molecular weight is 413 g/mol. The van der Waals surface area contributed by atoms with Gasteiger partial charge in [0.05, 0.1) is 4.90 Å². The number of piperidine rings is 1. The molecule has 1 unspecified atom stereocenters. The van der Waals surface area contributed by atoms with Gasteiger partial charge in [-0.25, -0.2) is 13.4 Å². The summed E-state index contributed by atoms with van der Waals surface area (Å²) in [4.78, 5) is 17.0. The van der Waals surface area contributed by atoms with E-state index in [4.69, 9.17) is 4.42 Å². The van der Waals surface area contributed by atoms with Crippen molar-refractivity contribution in [2.24, 2.45) is 0 Å². The van der Waals surface area contributed by atoms with E-state index in [0.29, 0.717) is 34.8 Å². The number of hydrogen-bond donors (Lipinski definition) is 1. The van der Waals surface area contributed by atoms with Crippen LogP contribution in [0.1, 0.15) is 42.4 Å². The Hall–Kier alpha value is -2.71. The van der Waals surface area contributed by atoms with Crippen LogP contribution in [0.4, 0.5) is 5.69 Å². The number of benzene rings is 2. The van der Waals surface area contributed by atoms with Gasteiger partial charge >= 0.3 is 0 Å². The molecule has 4 rings (SSSR count). The number of aryl methyl sites for hydroxylation is 1. The van der Waals surface area contributed by atoms with Crippen LogP contribution in [-0.4, -0.2) is 36.2 Å². The lowest BCUT2D eigenvalue weighted by atomic mass is 10.1. The number of fused-ring (bicyclic) bond motifs is 1. The summed E-state index contributed by atoms with van der Waals surface area (Å²) in [6.07, 6.45) is 2.79. The van der Waals surface area contributed by atoms with E-state index in [0.717, 1.165) is 19.3 Å². The van der Waals surface area contributed by atoms with E-state index < -0.39 is 10.0 Å². The summed E-state index contributed by atoms with van der Waals surface area (Å²) < 4.78 is 32.8. The van der Waals surface area contributed by atoms with Crippen molar-refractivity contribution in [2.75, 3.05) is 11.9 Å². The quantitative estimate of drug-likeness (QED) is 0.699. The number of oxazole rings is 1. The minimum atomic E-state index is -3.55. The lowest BCUT2D eigenvalue weighted by molar-refractivity contribution is 0.102. The molecule has 2 heterocycles. The van der Waals surface area contributed by atoms with Crippen LogP contribution in [-0.2, 0) is 10.0 Å². The van der Waals surface area contributed by atoms with Crippen molar-refractivity contribution in [3.8, 4) is 0 Å². The molecule has 1 fully saturated rings. The molecule has 1 aliphatic heterocycles. The Balaban J connectivity index is 1.51. The highest BCUT2D eigenvalue weighted by Crippen LogP contribution is 2.25. The summed E-state index contributed by atoms with van der Waals surface area (Å²) in [5.41, 5.74) is 2.29. The van der Waals surface area contributed by atoms with E-state index in [2.05, 4.69) is 10.3 Å². The van der Waals surface area contributed by atoms with E-state index in [1.54, 1.807) is 29.4 Å². The summed E-state index contributed by atoms with van der Waals surface area (Å²) in [6.45, 7) is 4.24. The van der Waals surface area contributed by atoms with Crippen molar-refractivity contribution >= 4 is 32.7 Å². The normalized spacial score (nSPS) is 18.1. The van der Waals surface area contributed by atoms with Crippen LogP contribution in [0.2, 0.25) is 0 Å². The van der Waals surface area contributed by atoms with E-state index in [9.17, 15) is 13.2 Å². The number of sulfonamides is 1. The molecule has 1 amide bonds. The fraction of sp³-hybridized carbons (Fsp3) is 0.333. The number of aromatic nitrogens is 1. The van der Waals surface area contributed by atoms with Crippen molar-refractivity contribution in [2.45, 2.75) is 44.0 Å². The van der Waals surface area contributed by atoms with Crippen molar-refractivity contribution in [1.29, 1.82) is 0 Å². The molecule has 3 aromatic rings. The lowest BCUT2D eigenvalue weighted by Gasteiger charge is -2.32. The van der Waals surface area contributed by atoms with Gasteiger partial charge < -0.3 is 9.73 Å². The Bertz CT molecular complexity index is 1150. The second kappa shape index (κ2) is 7.61. The third-order valence-corrected chi connectivity index (χ3v) is 7.25. The molecule has 29 heavy (non-hydrogen) atoms. The first-order chi connectivity index (χ1) is 13.8. The zero-order valence-electron chi connectivity index (χ0n) is 16.4. The first kappa shape index (κ1) is 19.6. The van der Waals surface area contributed by atoms with Crippen LogP contribution in [0.5, 0.6) is 0 Å². The van der Waals surface area contributed by atoms with Gasteiger partial charge in [0.25, 0.3) is 5.91 Å². The molecular weight excluding hydrogens is 390 g/mol. The number of hydrogen-bond acceptors (Lipinski definition) is 5. The molecule has 1 aliphatic rings. The second-order valence-corrected chi connectivity index (χ2v) is 9.25. The minimum Gasteiger partial charge on any atom is -0.441 e. The van der Waals surface area contributed by atoms with Gasteiger partial charge in [-0.15, -0.1) is 0 Å². The third kappa shape index (κ3) is 3.90. The number of rotatable bonds is 4. The number of carbonyl (C=O) groups is 1. The van der Waals surface area contributed by atoms with Crippen molar-refractivity contribution < 1.29 is 17.6 Å². The topological polar surface area (TPSA) is 92.5 Å². The highest BCUT2D eigenvalue weighted by molar-refractivity contribution is 7.89. The average Bonchev–Trinajstić information content (AvgIpc) is 3.07. The number of nitrogens with zero attached hydrogens (tertiary/aromatic N) is 2. The third-order valence-electron chi connectivity index (χ3n) is 5.22. The molecule has 8 heteroatoms. The SMILES string of the molecule is Cc1nc2cc(NC(=O)c3ccc(S(=O)(=O)N4CCCCC4C)cc3)ccc2o1. The molecule has 0 radical (unpaired) electrons. The van der Waals surface area contributed by atoms with Crippen molar-refractivity contribution in [1.82, 2.24) is 9.29 Å². The summed E-state index contributed by atoms with van der Waals surface area (Å²) in [6, 6.07) is 11.3. The Kier molecular flexibility index (Phi) is 5.14. The Morgan fingerprint density at radius 1 is 1.17 bits per heavy atom. The molecule has 0 saturated carbocycles. The highest BCUT2D eigenvalue weighted by atomic mass is 32.2. The number of nitrogens with one attached hydrogen (secondary N) is 1. The first-order valence-electron chi connectivity index (χ1n) is 9.65. The van der Waals surface area contributed by atoms with Crippen LogP contribution < -0.4 is 5.32 Å². The summed E-state index contributed by atoms with van der Waals surface area (Å²) >= 11 is 0. The molecule has 0 spiro atoms. The summed E-state index contributed by atoms with van der Waals surface area (Å²) in [5.74, 6) is 0.239. The van der Waals surface area contributed by atoms with Crippen molar-refractivity contribution in [3.05, 3.63) is 53.9 Å². The molecule has 1 N–H and O–H groups in total. The van der Waals surface area contributed by atoms with E-state index >= 15 is 0 Å². The molecule has 0 aliphatic carbocycles. The first-order valence-corrected chi connectivity index (χ1v) is 11.1. The van der Waals surface area contributed by atoms with Gasteiger partial charge in [0, 0.05) is 30.8 Å². The molecule has 0 bridgehead atoms. The molecule has 1 aromatic heterocycles. The van der Waals surface area contributed by atoms with Gasteiger partial charge in [-0.1, -0.05) is 6.42 Å². The standard InChI is InChI=1S/C21H23N3O4S/c1-14-5-3-4-12-24(14)29(26,27)18-9-6-16(7-10-18)21(25)23-17-8-11-20-19(13-17)22-15(2)28-20/h6-11,13-14H,3-5,12H2,1-2H3,(H,23,25). The Morgan fingerprint density at radius 2 is 1.93 bits per heavy atom. The predicted octanol–water partition coefficient (Wildman–Crippen LogP) is 3.95. The van der Waals surface area contributed by atoms with E-state index in [1.165, 1.54) is 24.3 Å². The van der Waals surface area contributed by atoms with E-state index in [1.807, 2.05) is 6.92 Å². The molecular formula is C21H23N3O4S. The lowest BCUT2D eigenvalue weighted by Crippen LogP contribution is -2.41. The van der Waals surface area contributed by atoms with Crippen LogP contribution in [0.3, 0.4) is 0 Å². The van der Waals surface area contributed by atoms with Gasteiger partial charge in [0.1, 0.15) is 5.52 Å². The maximum Gasteiger partial charge on any atom is 0.255 e. The monoisotopic (exact) mass is 413 g/mol. The number of amides is 1. The molecule has 1 atom stereocenters. The van der Waals surface area contributed by atoms with Gasteiger partial charge in [0.15, 0.2) is 11.5 Å². The van der Waals surface area contributed by atoms with E-state index in [-0.39, 0.29) is 16.8 Å². The van der Waals surface area contributed by atoms with Crippen LogP contribution >= 0.6 is 0 Å². The zero-order valence-corrected chi connectivity index (χ0v) is 17.2. The second-order valence-electron chi connectivity index (χ2n) is 7.35. The Labute approximate surface area is 169 Å². The van der Waals surface area contributed by atoms with Gasteiger partial charge in [-0.3, -0.25) is 4.79 Å². The largest absolute Gasteiger partial charge is 0.441 e. The summed E-state index contributed by atoms with van der Waals surface area (Å²) in [7, 11) is -3.55. The molecule has 7 nitrogen and oxygen atoms in total. The maximum atomic E-state index is 12.9. The van der Waals surface area contributed by atoms with Gasteiger partial charge in [-0.05, 0) is 62.2 Å². The van der Waals surface area contributed by atoms with Gasteiger partial charge in [-0.2, -0.15) is 4.31 Å². The zero-order chi connectivity index (χ0) is 20.6. The molecule has 152 valence electrons.